The van der Waals surface area contributed by atoms with Crippen molar-refractivity contribution in [1.82, 2.24) is 16.0 Å². The van der Waals surface area contributed by atoms with Crippen molar-refractivity contribution in [3.05, 3.63) is 65.7 Å². The third-order valence-electron chi connectivity index (χ3n) is 6.49. The molecule has 2 aromatic carbocycles. The molecule has 2 aromatic rings. The predicted octanol–water partition coefficient (Wildman–Crippen LogP) is 0.758. The van der Waals surface area contributed by atoms with Gasteiger partial charge in [0.25, 0.3) is 0 Å². The lowest BCUT2D eigenvalue weighted by atomic mass is 9.95. The first-order valence-corrected chi connectivity index (χ1v) is 13.5. The summed E-state index contributed by atoms with van der Waals surface area (Å²) in [6.45, 7) is 6.24. The second-order valence-corrected chi connectivity index (χ2v) is 9.94. The molecule has 4 rings (SSSR count). The molecule has 4 atom stereocenters. The van der Waals surface area contributed by atoms with Crippen molar-refractivity contribution in [2.24, 2.45) is 11.7 Å². The molecule has 2 bridgehead atoms. The van der Waals surface area contributed by atoms with E-state index in [4.69, 9.17) is 19.9 Å². The van der Waals surface area contributed by atoms with Crippen LogP contribution in [-0.2, 0) is 32.0 Å². The summed E-state index contributed by atoms with van der Waals surface area (Å²) in [5.74, 6) is -0.306. The molecule has 0 saturated carbocycles. The van der Waals surface area contributed by atoms with Crippen molar-refractivity contribution >= 4 is 11.8 Å². The number of rotatable bonds is 5. The first kappa shape index (κ1) is 30.5. The van der Waals surface area contributed by atoms with E-state index in [9.17, 15) is 14.7 Å². The molecule has 0 saturated heterocycles. The highest BCUT2D eigenvalue weighted by Crippen LogP contribution is 2.14. The molecule has 10 heteroatoms. The fourth-order valence-corrected chi connectivity index (χ4v) is 4.23. The van der Waals surface area contributed by atoms with Crippen molar-refractivity contribution in [3.8, 4) is 5.75 Å². The van der Waals surface area contributed by atoms with Crippen molar-refractivity contribution in [2.45, 2.75) is 51.0 Å². The molecule has 6 N–H and O–H groups in total. The van der Waals surface area contributed by atoms with Crippen LogP contribution in [0.1, 0.15) is 25.0 Å². The SMILES string of the molecule is CC(C)[C@@H]1NC(=O)[C@@H]([C@H](O)[C@@H](N)Cc2ccccc2)NCc2ccc(cc2)OCCOCCOCCNC1=O. The van der Waals surface area contributed by atoms with Gasteiger partial charge in [0.15, 0.2) is 0 Å². The Labute approximate surface area is 230 Å². The molecule has 214 valence electrons. The second-order valence-electron chi connectivity index (χ2n) is 9.94. The highest BCUT2D eigenvalue weighted by atomic mass is 16.5. The van der Waals surface area contributed by atoms with Crippen LogP contribution in [0.25, 0.3) is 0 Å². The van der Waals surface area contributed by atoms with Gasteiger partial charge in [-0.25, -0.2) is 0 Å². The van der Waals surface area contributed by atoms with Crippen LogP contribution in [0.2, 0.25) is 0 Å². The Morgan fingerprint density at radius 2 is 1.56 bits per heavy atom. The number of benzene rings is 2. The van der Waals surface area contributed by atoms with Crippen LogP contribution in [0.4, 0.5) is 0 Å². The third kappa shape index (κ3) is 10.2. The highest BCUT2D eigenvalue weighted by Gasteiger charge is 2.34. The number of carbonyl (C=O) groups excluding carboxylic acids is 2. The summed E-state index contributed by atoms with van der Waals surface area (Å²) < 4.78 is 16.7. The molecule has 2 aliphatic heterocycles. The lowest BCUT2D eigenvalue weighted by Gasteiger charge is -2.30. The first-order chi connectivity index (χ1) is 18.8. The van der Waals surface area contributed by atoms with Gasteiger partial charge in [0.2, 0.25) is 11.8 Å². The molecule has 2 aliphatic rings. The summed E-state index contributed by atoms with van der Waals surface area (Å²) in [5.41, 5.74) is 8.23. The molecule has 0 spiro atoms. The number of aliphatic hydroxyl groups excluding tert-OH is 1. The smallest absolute Gasteiger partial charge is 0.242 e. The van der Waals surface area contributed by atoms with E-state index in [0.29, 0.717) is 58.3 Å². The molecular formula is C29H42N4O6. The predicted molar refractivity (Wildman–Crippen MR) is 148 cm³/mol. The topological polar surface area (TPSA) is 144 Å². The van der Waals surface area contributed by atoms with Crippen LogP contribution in [0.5, 0.6) is 5.75 Å². The van der Waals surface area contributed by atoms with Crippen LogP contribution < -0.4 is 26.4 Å². The number of aliphatic hydroxyl groups is 1. The zero-order chi connectivity index (χ0) is 28.0. The largest absolute Gasteiger partial charge is 0.491 e. The van der Waals surface area contributed by atoms with Crippen LogP contribution in [-0.4, -0.2) is 80.7 Å². The van der Waals surface area contributed by atoms with Gasteiger partial charge in [-0.05, 0) is 35.6 Å². The Hall–Kier alpha value is -3.02. The normalized spacial score (nSPS) is 22.2. The lowest BCUT2D eigenvalue weighted by molar-refractivity contribution is -0.133. The Morgan fingerprint density at radius 3 is 2.26 bits per heavy atom. The Morgan fingerprint density at radius 1 is 0.897 bits per heavy atom. The summed E-state index contributed by atoms with van der Waals surface area (Å²) in [5, 5.41) is 20.0. The first-order valence-electron chi connectivity index (χ1n) is 13.5. The van der Waals surface area contributed by atoms with Crippen LogP contribution in [0, 0.1) is 5.92 Å². The van der Waals surface area contributed by atoms with Crippen LogP contribution in [0.15, 0.2) is 54.6 Å². The average molecular weight is 543 g/mol. The van der Waals surface area contributed by atoms with Crippen molar-refractivity contribution in [1.29, 1.82) is 0 Å². The molecule has 2 heterocycles. The van der Waals surface area contributed by atoms with Gasteiger partial charge < -0.3 is 35.7 Å². The van der Waals surface area contributed by atoms with E-state index in [1.54, 1.807) is 0 Å². The maximum absolute atomic E-state index is 13.5. The van der Waals surface area contributed by atoms with Crippen LogP contribution >= 0.6 is 0 Å². The highest BCUT2D eigenvalue weighted by molar-refractivity contribution is 5.90. The standard InChI is InChI=1S/C29H42N4O6/c1-20(2)25-28(35)31-12-13-37-14-15-38-16-17-39-23-10-8-22(9-11-23)19-32-26(29(36)33-25)27(34)24(30)18-21-6-4-3-5-7-21/h3-11,20,24-27,32,34H,12-19,30H2,1-2H3,(H,31,35)(H,33,36)/t24-,25-,26+,27+/m0/s1. The lowest BCUT2D eigenvalue weighted by Crippen LogP contribution is -2.61. The van der Waals surface area contributed by atoms with E-state index >= 15 is 0 Å². The fraction of sp³-hybridized carbons (Fsp3) is 0.517. The molecule has 39 heavy (non-hydrogen) atoms. The third-order valence-corrected chi connectivity index (χ3v) is 6.49. The number of fused-ring (bicyclic) bond motifs is 18. The van der Waals surface area contributed by atoms with Crippen molar-refractivity contribution in [2.75, 3.05) is 39.6 Å². The summed E-state index contributed by atoms with van der Waals surface area (Å²) in [7, 11) is 0. The van der Waals surface area contributed by atoms with E-state index in [1.807, 2.05) is 68.4 Å². The minimum Gasteiger partial charge on any atom is -0.491 e. The molecule has 0 unspecified atom stereocenters. The fourth-order valence-electron chi connectivity index (χ4n) is 4.23. The quantitative estimate of drug-likeness (QED) is 0.349. The van der Waals surface area contributed by atoms with E-state index in [-0.39, 0.29) is 11.8 Å². The Bertz CT molecular complexity index is 1000. The molecular weight excluding hydrogens is 500 g/mol. The Balaban J connectivity index is 1.78. The molecule has 2 amide bonds. The number of hydrogen-bond donors (Lipinski definition) is 5. The summed E-state index contributed by atoms with van der Waals surface area (Å²) in [6, 6.07) is 14.4. The number of nitrogens with one attached hydrogen (secondary N) is 3. The van der Waals surface area contributed by atoms with Gasteiger partial charge in [0, 0.05) is 19.1 Å². The number of carbonyl (C=O) groups is 2. The number of hydrogen-bond acceptors (Lipinski definition) is 8. The van der Waals surface area contributed by atoms with Crippen LogP contribution in [0.3, 0.4) is 0 Å². The van der Waals surface area contributed by atoms with E-state index in [0.717, 1.165) is 11.1 Å². The second kappa shape index (κ2) is 16.2. The molecule has 0 radical (unpaired) electrons. The monoisotopic (exact) mass is 542 g/mol. The number of nitrogens with two attached hydrogens (primary N) is 1. The zero-order valence-corrected chi connectivity index (χ0v) is 22.8. The summed E-state index contributed by atoms with van der Waals surface area (Å²) in [4.78, 5) is 26.4. The van der Waals surface area contributed by atoms with Crippen molar-refractivity contribution < 1.29 is 28.9 Å². The number of ether oxygens (including phenoxy) is 3. The van der Waals surface area contributed by atoms with Crippen molar-refractivity contribution in [3.63, 3.8) is 0 Å². The van der Waals surface area contributed by atoms with Gasteiger partial charge in [-0.1, -0.05) is 56.3 Å². The Kier molecular flexibility index (Phi) is 12.7. The van der Waals surface area contributed by atoms with Gasteiger partial charge in [0.05, 0.1) is 32.5 Å². The molecule has 0 aliphatic carbocycles. The minimum atomic E-state index is -1.21. The maximum atomic E-state index is 13.5. The molecule has 0 fully saturated rings. The van der Waals surface area contributed by atoms with Gasteiger partial charge in [-0.3, -0.25) is 14.9 Å². The average Bonchev–Trinajstić information content (AvgIpc) is 2.93. The van der Waals surface area contributed by atoms with E-state index in [2.05, 4.69) is 16.0 Å². The minimum absolute atomic E-state index is 0.187. The summed E-state index contributed by atoms with van der Waals surface area (Å²) in [6.07, 6.45) is -0.823. The molecule has 10 nitrogen and oxygen atoms in total. The van der Waals surface area contributed by atoms with Gasteiger partial charge in [0.1, 0.15) is 24.4 Å². The van der Waals surface area contributed by atoms with E-state index in [1.165, 1.54) is 0 Å². The summed E-state index contributed by atoms with van der Waals surface area (Å²) >= 11 is 0. The van der Waals surface area contributed by atoms with Gasteiger partial charge in [-0.2, -0.15) is 0 Å². The maximum Gasteiger partial charge on any atom is 0.242 e. The number of amides is 2. The molecule has 0 aromatic heterocycles. The van der Waals surface area contributed by atoms with E-state index < -0.39 is 30.1 Å². The van der Waals surface area contributed by atoms with Gasteiger partial charge in [-0.15, -0.1) is 0 Å². The van der Waals surface area contributed by atoms with Gasteiger partial charge >= 0.3 is 0 Å². The zero-order valence-electron chi connectivity index (χ0n) is 22.8.